The molecule has 15 heavy (non-hydrogen) atoms. The van der Waals surface area contributed by atoms with Crippen molar-refractivity contribution in [1.29, 1.82) is 0 Å². The number of carboxylic acid groups (broad SMARTS) is 2. The first-order valence-corrected chi connectivity index (χ1v) is 4.77. The molecule has 0 aromatic rings. The average Bonchev–Trinajstić information content (AvgIpc) is 2.13. The van der Waals surface area contributed by atoms with E-state index in [1.54, 1.807) is 0 Å². The van der Waals surface area contributed by atoms with Crippen LogP contribution in [0, 0.1) is 0 Å². The van der Waals surface area contributed by atoms with Crippen molar-refractivity contribution < 1.29 is 24.9 Å². The summed E-state index contributed by atoms with van der Waals surface area (Å²) < 4.78 is 0. The molecule has 0 saturated heterocycles. The number of carboxylic acids is 2. The van der Waals surface area contributed by atoms with Gasteiger partial charge in [0.1, 0.15) is 6.23 Å². The highest BCUT2D eigenvalue weighted by Gasteiger charge is 1.99. The Hall–Kier alpha value is -1.14. The Balaban J connectivity index is 0. The van der Waals surface area contributed by atoms with Gasteiger partial charge in [0.25, 0.3) is 0 Å². The predicted molar refractivity (Wildman–Crippen MR) is 54.2 cm³/mol. The molecule has 0 bridgehead atoms. The normalized spacial score (nSPS) is 11.1. The molecule has 0 aromatic carbocycles. The van der Waals surface area contributed by atoms with Crippen LogP contribution in [0.15, 0.2) is 0 Å². The lowest BCUT2D eigenvalue weighted by Gasteiger charge is -1.92. The maximum absolute atomic E-state index is 9.90. The van der Waals surface area contributed by atoms with Crippen LogP contribution in [-0.2, 0) is 9.59 Å². The van der Waals surface area contributed by atoms with Crippen LogP contribution >= 0.6 is 0 Å². The topological polar surface area (TPSA) is 121 Å². The van der Waals surface area contributed by atoms with E-state index in [1.165, 1.54) is 0 Å². The van der Waals surface area contributed by atoms with Crippen LogP contribution in [0.5, 0.6) is 0 Å². The van der Waals surface area contributed by atoms with E-state index >= 15 is 0 Å². The summed E-state index contributed by atoms with van der Waals surface area (Å²) in [5.41, 5.74) is 4.85. The van der Waals surface area contributed by atoms with E-state index in [4.69, 9.17) is 21.1 Å². The molecule has 0 aromatic heterocycles. The van der Waals surface area contributed by atoms with Crippen molar-refractivity contribution in [3.63, 3.8) is 0 Å². The predicted octanol–water partition coefficient (Wildman–Crippen LogP) is 0.389. The van der Waals surface area contributed by atoms with Crippen molar-refractivity contribution in [1.82, 2.24) is 0 Å². The molecule has 0 aliphatic heterocycles. The summed E-state index contributed by atoms with van der Waals surface area (Å²) in [5.74, 6) is -1.74. The molecule has 0 fully saturated rings. The highest BCUT2D eigenvalue weighted by molar-refractivity contribution is 5.67. The van der Waals surface area contributed by atoms with Crippen LogP contribution in [0.1, 0.15) is 39.0 Å². The minimum absolute atomic E-state index is 0.0628. The van der Waals surface area contributed by atoms with E-state index in [2.05, 4.69) is 0 Å². The zero-order valence-electron chi connectivity index (χ0n) is 8.85. The van der Waals surface area contributed by atoms with E-state index in [1.807, 2.05) is 6.92 Å². The van der Waals surface area contributed by atoms with Crippen LogP contribution in [0.2, 0.25) is 0 Å². The fraction of sp³-hybridized carbons (Fsp3) is 0.778. The second kappa shape index (κ2) is 10.9. The zero-order chi connectivity index (χ0) is 12.3. The number of nitrogens with two attached hydrogens (primary N) is 1. The van der Waals surface area contributed by atoms with Gasteiger partial charge in [-0.1, -0.05) is 6.92 Å². The summed E-state index contributed by atoms with van der Waals surface area (Å²) in [6, 6.07) is 0. The highest BCUT2D eigenvalue weighted by atomic mass is 16.4. The van der Waals surface area contributed by atoms with Crippen LogP contribution in [0.4, 0.5) is 0 Å². The number of rotatable bonds is 6. The molecule has 90 valence electrons. The smallest absolute Gasteiger partial charge is 0.303 e. The van der Waals surface area contributed by atoms with Gasteiger partial charge in [-0.2, -0.15) is 0 Å². The van der Waals surface area contributed by atoms with Gasteiger partial charge >= 0.3 is 11.9 Å². The molecule has 0 amide bonds. The third-order valence-corrected chi connectivity index (χ3v) is 1.45. The summed E-state index contributed by atoms with van der Waals surface area (Å²) in [4.78, 5) is 19.8. The molecular weight excluding hydrogens is 202 g/mol. The van der Waals surface area contributed by atoms with Gasteiger partial charge < -0.3 is 21.1 Å². The second-order valence-electron chi connectivity index (χ2n) is 2.97. The molecule has 1 atom stereocenters. The number of hydrogen-bond donors (Lipinski definition) is 4. The Morgan fingerprint density at radius 1 is 1.13 bits per heavy atom. The Kier molecular flexibility index (Phi) is 11.9. The van der Waals surface area contributed by atoms with Crippen LogP contribution < -0.4 is 5.73 Å². The molecule has 0 aliphatic carbocycles. The third-order valence-electron chi connectivity index (χ3n) is 1.45. The van der Waals surface area contributed by atoms with E-state index in [9.17, 15) is 9.59 Å². The number of aliphatic carboxylic acids is 2. The first kappa shape index (κ1) is 16.3. The minimum Gasteiger partial charge on any atom is -0.481 e. The fourth-order valence-electron chi connectivity index (χ4n) is 0.552. The Morgan fingerprint density at radius 3 is 1.53 bits per heavy atom. The first-order chi connectivity index (χ1) is 6.90. The highest BCUT2D eigenvalue weighted by Crippen LogP contribution is 1.98. The monoisotopic (exact) mass is 221 g/mol. The quantitative estimate of drug-likeness (QED) is 0.380. The first-order valence-electron chi connectivity index (χ1n) is 4.77. The lowest BCUT2D eigenvalue weighted by Crippen LogP contribution is -2.16. The maximum Gasteiger partial charge on any atom is 0.303 e. The Labute approximate surface area is 88.7 Å². The lowest BCUT2D eigenvalue weighted by atomic mass is 10.2. The third kappa shape index (κ3) is 24.6. The standard InChI is InChI=1S/C6H10O4.C3H9NO/c7-5(8)3-1-2-4-6(9)10;1-2-3(4)5/h1-4H2,(H,7,8)(H,9,10);3,5H,2,4H2,1H3. The van der Waals surface area contributed by atoms with E-state index in [0.717, 1.165) is 0 Å². The molecule has 5 N–H and O–H groups in total. The Morgan fingerprint density at radius 2 is 1.40 bits per heavy atom. The number of aliphatic hydroxyl groups is 1. The SMILES string of the molecule is CCC(N)O.O=C(O)CCCCC(=O)O. The van der Waals surface area contributed by atoms with Crippen LogP contribution in [0.25, 0.3) is 0 Å². The molecule has 6 nitrogen and oxygen atoms in total. The maximum atomic E-state index is 9.90. The summed E-state index contributed by atoms with van der Waals surface area (Å²) in [6.07, 6.45) is 1.04. The van der Waals surface area contributed by atoms with Gasteiger partial charge in [-0.15, -0.1) is 0 Å². The van der Waals surface area contributed by atoms with Gasteiger partial charge in [-0.05, 0) is 19.3 Å². The lowest BCUT2D eigenvalue weighted by molar-refractivity contribution is -0.139. The molecule has 0 rings (SSSR count). The largest absolute Gasteiger partial charge is 0.481 e. The summed E-state index contributed by atoms with van der Waals surface area (Å²) in [6.45, 7) is 1.82. The second-order valence-corrected chi connectivity index (χ2v) is 2.97. The molecule has 0 aliphatic rings. The zero-order valence-corrected chi connectivity index (χ0v) is 8.85. The molecular formula is C9H19NO5. The molecule has 1 unspecified atom stereocenters. The van der Waals surface area contributed by atoms with E-state index in [-0.39, 0.29) is 12.8 Å². The Bertz CT molecular complexity index is 165. The van der Waals surface area contributed by atoms with Crippen molar-refractivity contribution >= 4 is 11.9 Å². The average molecular weight is 221 g/mol. The molecule has 0 spiro atoms. The van der Waals surface area contributed by atoms with Crippen molar-refractivity contribution in [2.75, 3.05) is 0 Å². The number of unbranched alkanes of at least 4 members (excludes halogenated alkanes) is 1. The van der Waals surface area contributed by atoms with Gasteiger partial charge in [0.15, 0.2) is 0 Å². The van der Waals surface area contributed by atoms with Gasteiger partial charge in [0.2, 0.25) is 0 Å². The van der Waals surface area contributed by atoms with Gasteiger partial charge in [0.05, 0.1) is 0 Å². The molecule has 0 radical (unpaired) electrons. The van der Waals surface area contributed by atoms with E-state index < -0.39 is 18.2 Å². The number of carbonyl (C=O) groups is 2. The summed E-state index contributed by atoms with van der Waals surface area (Å²) >= 11 is 0. The van der Waals surface area contributed by atoms with Crippen LogP contribution in [-0.4, -0.2) is 33.5 Å². The molecule has 6 heteroatoms. The van der Waals surface area contributed by atoms with E-state index in [0.29, 0.717) is 19.3 Å². The van der Waals surface area contributed by atoms with Crippen molar-refractivity contribution in [2.24, 2.45) is 5.73 Å². The van der Waals surface area contributed by atoms with Crippen molar-refractivity contribution in [3.05, 3.63) is 0 Å². The fourth-order valence-corrected chi connectivity index (χ4v) is 0.552. The van der Waals surface area contributed by atoms with Gasteiger partial charge in [-0.3, -0.25) is 9.59 Å². The van der Waals surface area contributed by atoms with Crippen molar-refractivity contribution in [3.8, 4) is 0 Å². The number of hydrogen-bond acceptors (Lipinski definition) is 4. The molecule has 0 saturated carbocycles. The van der Waals surface area contributed by atoms with Crippen LogP contribution in [0.3, 0.4) is 0 Å². The molecule has 0 heterocycles. The summed E-state index contributed by atoms with van der Waals surface area (Å²) in [5, 5.41) is 24.4. The number of aliphatic hydroxyl groups excluding tert-OH is 1. The van der Waals surface area contributed by atoms with Crippen molar-refractivity contribution in [2.45, 2.75) is 45.3 Å². The van der Waals surface area contributed by atoms with Gasteiger partial charge in [-0.25, -0.2) is 0 Å². The minimum atomic E-state index is -0.870. The summed E-state index contributed by atoms with van der Waals surface area (Å²) in [7, 11) is 0. The van der Waals surface area contributed by atoms with Gasteiger partial charge in [0, 0.05) is 12.8 Å².